The van der Waals surface area contributed by atoms with Crippen LogP contribution in [0.3, 0.4) is 0 Å². The predicted molar refractivity (Wildman–Crippen MR) is 83.7 cm³/mol. The van der Waals surface area contributed by atoms with Crippen LogP contribution in [0, 0.1) is 18.6 Å². The minimum absolute atomic E-state index is 0. The molecule has 1 aromatic heterocycles. The van der Waals surface area contributed by atoms with Crippen molar-refractivity contribution in [2.75, 3.05) is 31.1 Å². The molecule has 1 aliphatic rings. The van der Waals surface area contributed by atoms with Gasteiger partial charge in [-0.15, -0.1) is 12.4 Å². The summed E-state index contributed by atoms with van der Waals surface area (Å²) in [6.07, 6.45) is 0. The van der Waals surface area contributed by atoms with Crippen LogP contribution < -0.4 is 10.2 Å². The van der Waals surface area contributed by atoms with Gasteiger partial charge in [0.2, 0.25) is 0 Å². The van der Waals surface area contributed by atoms with E-state index >= 15 is 0 Å². The van der Waals surface area contributed by atoms with E-state index in [0.29, 0.717) is 29.5 Å². The van der Waals surface area contributed by atoms with Crippen LogP contribution in [-0.4, -0.2) is 31.2 Å². The highest BCUT2D eigenvalue weighted by molar-refractivity contribution is 6.35. The summed E-state index contributed by atoms with van der Waals surface area (Å²) in [4.78, 5) is 6.09. The van der Waals surface area contributed by atoms with Crippen molar-refractivity contribution in [1.29, 1.82) is 0 Å². The Balaban J connectivity index is 0.00000161. The minimum atomic E-state index is -0.530. The monoisotopic (exact) mass is 333 g/mol. The van der Waals surface area contributed by atoms with Gasteiger partial charge in [-0.25, -0.2) is 13.8 Å². The van der Waals surface area contributed by atoms with Gasteiger partial charge >= 0.3 is 0 Å². The van der Waals surface area contributed by atoms with Gasteiger partial charge in [-0.3, -0.25) is 0 Å². The molecule has 0 aliphatic carbocycles. The van der Waals surface area contributed by atoms with E-state index in [9.17, 15) is 8.78 Å². The Morgan fingerprint density at radius 3 is 2.48 bits per heavy atom. The van der Waals surface area contributed by atoms with Gasteiger partial charge in [0.15, 0.2) is 0 Å². The molecular formula is C14H15Cl2F2N3. The summed E-state index contributed by atoms with van der Waals surface area (Å²) in [5, 5.41) is 3.79. The number of rotatable bonds is 1. The van der Waals surface area contributed by atoms with Crippen LogP contribution in [0.1, 0.15) is 5.69 Å². The molecule has 0 bridgehead atoms. The van der Waals surface area contributed by atoms with Gasteiger partial charge < -0.3 is 10.2 Å². The van der Waals surface area contributed by atoms with E-state index < -0.39 is 11.6 Å². The molecule has 3 nitrogen and oxygen atoms in total. The fraction of sp³-hybridized carbons (Fsp3) is 0.357. The molecule has 1 N–H and O–H groups in total. The van der Waals surface area contributed by atoms with Crippen molar-refractivity contribution >= 4 is 40.6 Å². The Hall–Kier alpha value is -1.17. The summed E-state index contributed by atoms with van der Waals surface area (Å²) < 4.78 is 28.1. The van der Waals surface area contributed by atoms with Crippen LogP contribution in [0.25, 0.3) is 10.9 Å². The summed E-state index contributed by atoms with van der Waals surface area (Å²) in [7, 11) is 0. The standard InChI is InChI=1S/C14H14ClF2N3.ClH/c1-8-12(15)14(20-6-4-18-5-7-20)11-9(16)2-3-10(17)13(11)19-8;/h2-3,18H,4-7H2,1H3;1H. The van der Waals surface area contributed by atoms with E-state index in [4.69, 9.17) is 11.6 Å². The molecule has 1 saturated heterocycles. The van der Waals surface area contributed by atoms with E-state index in [-0.39, 0.29) is 23.3 Å². The van der Waals surface area contributed by atoms with Gasteiger partial charge in [-0.1, -0.05) is 11.6 Å². The average molecular weight is 334 g/mol. The van der Waals surface area contributed by atoms with E-state index in [0.717, 1.165) is 25.2 Å². The molecule has 1 aliphatic heterocycles. The SMILES string of the molecule is Cc1nc2c(F)ccc(F)c2c(N2CCNCC2)c1Cl.Cl. The van der Waals surface area contributed by atoms with Crippen molar-refractivity contribution in [3.8, 4) is 0 Å². The van der Waals surface area contributed by atoms with Crippen LogP contribution in [-0.2, 0) is 0 Å². The number of piperazine rings is 1. The number of pyridine rings is 1. The lowest BCUT2D eigenvalue weighted by Gasteiger charge is -2.31. The predicted octanol–water partition coefficient (Wildman–Crippen LogP) is 3.31. The summed E-state index contributed by atoms with van der Waals surface area (Å²) in [5.74, 6) is -1.03. The number of fused-ring (bicyclic) bond motifs is 1. The number of nitrogens with zero attached hydrogens (tertiary/aromatic N) is 2. The van der Waals surface area contributed by atoms with E-state index in [1.165, 1.54) is 0 Å². The first-order valence-corrected chi connectivity index (χ1v) is 6.87. The maximum atomic E-state index is 14.2. The van der Waals surface area contributed by atoms with Gasteiger partial charge in [0.05, 0.1) is 21.8 Å². The maximum absolute atomic E-state index is 14.2. The number of aromatic nitrogens is 1. The van der Waals surface area contributed by atoms with E-state index in [1.807, 2.05) is 4.90 Å². The zero-order chi connectivity index (χ0) is 14.3. The fourth-order valence-corrected chi connectivity index (χ4v) is 2.82. The van der Waals surface area contributed by atoms with Gasteiger partial charge in [-0.05, 0) is 19.1 Å². The Labute approximate surface area is 132 Å². The third-order valence-electron chi connectivity index (χ3n) is 3.55. The highest BCUT2D eigenvalue weighted by Gasteiger charge is 2.22. The van der Waals surface area contributed by atoms with Crippen molar-refractivity contribution < 1.29 is 8.78 Å². The number of nitrogens with one attached hydrogen (secondary N) is 1. The second kappa shape index (κ2) is 6.30. The van der Waals surface area contributed by atoms with Crippen molar-refractivity contribution in [2.24, 2.45) is 0 Å². The first-order valence-electron chi connectivity index (χ1n) is 6.49. The number of hydrogen-bond acceptors (Lipinski definition) is 3. The smallest absolute Gasteiger partial charge is 0.149 e. The lowest BCUT2D eigenvalue weighted by molar-refractivity contribution is 0.587. The Morgan fingerprint density at radius 1 is 1.19 bits per heavy atom. The Morgan fingerprint density at radius 2 is 1.81 bits per heavy atom. The topological polar surface area (TPSA) is 28.2 Å². The molecule has 0 amide bonds. The normalized spacial score (nSPS) is 15.1. The van der Waals surface area contributed by atoms with Crippen LogP contribution in [0.2, 0.25) is 5.02 Å². The fourth-order valence-electron chi connectivity index (χ4n) is 2.56. The van der Waals surface area contributed by atoms with Gasteiger partial charge in [0.1, 0.15) is 17.2 Å². The van der Waals surface area contributed by atoms with Gasteiger partial charge in [0, 0.05) is 26.2 Å². The third-order valence-corrected chi connectivity index (χ3v) is 4.01. The first-order chi connectivity index (χ1) is 9.59. The lowest BCUT2D eigenvalue weighted by Crippen LogP contribution is -2.43. The summed E-state index contributed by atoms with van der Waals surface area (Å²) in [6, 6.07) is 2.22. The maximum Gasteiger partial charge on any atom is 0.149 e. The average Bonchev–Trinajstić information content (AvgIpc) is 2.46. The third kappa shape index (κ3) is 2.78. The van der Waals surface area contributed by atoms with Crippen LogP contribution in [0.5, 0.6) is 0 Å². The summed E-state index contributed by atoms with van der Waals surface area (Å²) in [6.45, 7) is 4.69. The first kappa shape index (κ1) is 16.2. The molecule has 0 spiro atoms. The molecule has 2 heterocycles. The van der Waals surface area contributed by atoms with Crippen LogP contribution >= 0.6 is 24.0 Å². The molecule has 0 saturated carbocycles. The second-order valence-corrected chi connectivity index (χ2v) is 5.23. The molecular weight excluding hydrogens is 319 g/mol. The molecule has 7 heteroatoms. The highest BCUT2D eigenvalue weighted by Crippen LogP contribution is 2.37. The lowest BCUT2D eigenvalue weighted by atomic mass is 10.1. The molecule has 3 rings (SSSR count). The molecule has 2 aromatic rings. The van der Waals surface area contributed by atoms with Crippen molar-refractivity contribution in [1.82, 2.24) is 10.3 Å². The Bertz CT molecular complexity index is 673. The van der Waals surface area contributed by atoms with Crippen LogP contribution in [0.15, 0.2) is 12.1 Å². The van der Waals surface area contributed by atoms with E-state index in [1.54, 1.807) is 6.92 Å². The molecule has 1 aromatic carbocycles. The molecule has 114 valence electrons. The molecule has 1 fully saturated rings. The summed E-state index contributed by atoms with van der Waals surface area (Å²) >= 11 is 6.32. The number of halogens is 4. The van der Waals surface area contributed by atoms with Crippen LogP contribution in [0.4, 0.5) is 14.5 Å². The molecule has 0 radical (unpaired) electrons. The van der Waals surface area contributed by atoms with Crippen molar-refractivity contribution in [2.45, 2.75) is 6.92 Å². The molecule has 0 unspecified atom stereocenters. The van der Waals surface area contributed by atoms with Crippen molar-refractivity contribution in [3.63, 3.8) is 0 Å². The zero-order valence-corrected chi connectivity index (χ0v) is 13.0. The molecule has 21 heavy (non-hydrogen) atoms. The zero-order valence-electron chi connectivity index (χ0n) is 11.4. The number of benzene rings is 1. The number of anilines is 1. The number of hydrogen-bond donors (Lipinski definition) is 1. The number of aryl methyl sites for hydroxylation is 1. The largest absolute Gasteiger partial charge is 0.367 e. The van der Waals surface area contributed by atoms with Gasteiger partial charge in [-0.2, -0.15) is 0 Å². The highest BCUT2D eigenvalue weighted by atomic mass is 35.5. The Kier molecular flexibility index (Phi) is 4.86. The van der Waals surface area contributed by atoms with Crippen molar-refractivity contribution in [3.05, 3.63) is 34.5 Å². The van der Waals surface area contributed by atoms with E-state index in [2.05, 4.69) is 10.3 Å². The molecule has 0 atom stereocenters. The minimum Gasteiger partial charge on any atom is -0.367 e. The second-order valence-electron chi connectivity index (χ2n) is 4.85. The van der Waals surface area contributed by atoms with Gasteiger partial charge in [0.25, 0.3) is 0 Å². The quantitative estimate of drug-likeness (QED) is 0.867. The summed E-state index contributed by atoms with van der Waals surface area (Å²) in [5.41, 5.74) is 1.10.